The number of esters is 1. The van der Waals surface area contributed by atoms with Crippen LogP contribution in [-0.2, 0) is 19.1 Å². The number of rotatable bonds is 10. The third-order valence-corrected chi connectivity index (χ3v) is 9.61. The molecule has 8 heteroatoms. The molecule has 3 heterocycles. The van der Waals surface area contributed by atoms with E-state index in [-0.39, 0.29) is 31.0 Å². The molecule has 1 N–H and O–H groups in total. The van der Waals surface area contributed by atoms with Gasteiger partial charge in [-0.1, -0.05) is 12.2 Å². The van der Waals surface area contributed by atoms with Crippen LogP contribution in [0.3, 0.4) is 0 Å². The quantitative estimate of drug-likeness (QED) is 0.286. The zero-order chi connectivity index (χ0) is 25.5. The maximum atomic E-state index is 14.2. The summed E-state index contributed by atoms with van der Waals surface area (Å²) in [5.41, 5.74) is -0.480. The SMILES string of the molecule is C=CCCCOC(=O)[C@H]1[C@H]2C(=O)N([C@H](C)CO)C(C(=O)N(CC=C)C(C)(C)C)C23CC[C@]1(C)S3. The Bertz CT molecular complexity index is 855. The Balaban J connectivity index is 2.04. The molecule has 0 aromatic rings. The van der Waals surface area contributed by atoms with E-state index in [1.54, 1.807) is 40.6 Å². The second-order valence-electron chi connectivity index (χ2n) is 11.0. The molecule has 3 saturated heterocycles. The Morgan fingerprint density at radius 1 is 1.32 bits per heavy atom. The molecule has 0 aliphatic carbocycles. The highest BCUT2D eigenvalue weighted by atomic mass is 32.2. The minimum Gasteiger partial charge on any atom is -0.465 e. The van der Waals surface area contributed by atoms with Gasteiger partial charge in [-0.25, -0.2) is 0 Å². The standard InChI is InChI=1S/C26H40N2O5S/c1-8-10-11-15-33-23(32)19-18-21(30)28(17(3)16-29)20(26(18)13-12-25(19,7)34-26)22(31)27(14-9-2)24(4,5)6/h8-9,17-20,29H,1-2,10-16H2,3-7H3/t17-,18+,19-,20?,25+,26?/m1/s1. The molecule has 0 aromatic carbocycles. The molecule has 0 radical (unpaired) electrons. The highest BCUT2D eigenvalue weighted by Gasteiger charge is 2.78. The van der Waals surface area contributed by atoms with E-state index in [0.29, 0.717) is 19.4 Å². The molecule has 190 valence electrons. The molecular weight excluding hydrogens is 452 g/mol. The Hall–Kier alpha value is -1.80. The van der Waals surface area contributed by atoms with Gasteiger partial charge in [0.1, 0.15) is 6.04 Å². The second kappa shape index (κ2) is 9.69. The van der Waals surface area contributed by atoms with Gasteiger partial charge in [-0.05, 0) is 60.3 Å². The van der Waals surface area contributed by atoms with Gasteiger partial charge in [-0.3, -0.25) is 14.4 Å². The first-order chi connectivity index (χ1) is 15.9. The maximum absolute atomic E-state index is 14.2. The average Bonchev–Trinajstić information content (AvgIpc) is 3.34. The number of hydrogen-bond donors (Lipinski definition) is 1. The number of unbranched alkanes of at least 4 members (excludes halogenated alkanes) is 1. The number of fused-ring (bicyclic) bond motifs is 1. The number of aliphatic hydroxyl groups excluding tert-OH is 1. The highest BCUT2D eigenvalue weighted by molar-refractivity contribution is 8.02. The fourth-order valence-electron chi connectivity index (χ4n) is 6.02. The van der Waals surface area contributed by atoms with Crippen LogP contribution in [0.25, 0.3) is 0 Å². The molecule has 0 saturated carbocycles. The first kappa shape index (κ1) is 26.8. The first-order valence-corrected chi connectivity index (χ1v) is 13.0. The number of allylic oxidation sites excluding steroid dienone is 1. The van der Waals surface area contributed by atoms with E-state index in [4.69, 9.17) is 4.74 Å². The Labute approximate surface area is 208 Å². The van der Waals surface area contributed by atoms with Crippen LogP contribution in [0.5, 0.6) is 0 Å². The topological polar surface area (TPSA) is 87.1 Å². The van der Waals surface area contributed by atoms with Crippen molar-refractivity contribution in [2.24, 2.45) is 11.8 Å². The van der Waals surface area contributed by atoms with Gasteiger partial charge in [-0.2, -0.15) is 0 Å². The van der Waals surface area contributed by atoms with Crippen LogP contribution < -0.4 is 0 Å². The lowest BCUT2D eigenvalue weighted by atomic mass is 9.66. The number of ether oxygens (including phenoxy) is 1. The summed E-state index contributed by atoms with van der Waals surface area (Å²) in [6.07, 6.45) is 6.32. The van der Waals surface area contributed by atoms with Crippen LogP contribution in [0.4, 0.5) is 0 Å². The lowest BCUT2D eigenvalue weighted by Crippen LogP contribution is -2.60. The molecule has 3 fully saturated rings. The van der Waals surface area contributed by atoms with Crippen molar-refractivity contribution in [1.29, 1.82) is 0 Å². The van der Waals surface area contributed by atoms with Gasteiger partial charge in [-0.15, -0.1) is 24.9 Å². The number of hydrogen-bond acceptors (Lipinski definition) is 6. The van der Waals surface area contributed by atoms with Gasteiger partial charge in [0.15, 0.2) is 0 Å². The molecule has 6 atom stereocenters. The second-order valence-corrected chi connectivity index (χ2v) is 12.9. The van der Waals surface area contributed by atoms with Crippen molar-refractivity contribution >= 4 is 29.5 Å². The third kappa shape index (κ3) is 4.21. The van der Waals surface area contributed by atoms with Crippen molar-refractivity contribution in [1.82, 2.24) is 9.80 Å². The number of likely N-dealkylation sites (tertiary alicyclic amines) is 1. The van der Waals surface area contributed by atoms with Gasteiger partial charge in [0, 0.05) is 16.8 Å². The number of carbonyl (C=O) groups excluding carboxylic acids is 3. The number of carbonyl (C=O) groups is 3. The van der Waals surface area contributed by atoms with E-state index in [1.165, 1.54) is 0 Å². The first-order valence-electron chi connectivity index (χ1n) is 12.2. The minimum atomic E-state index is -0.753. The van der Waals surface area contributed by atoms with Crippen LogP contribution >= 0.6 is 11.8 Å². The van der Waals surface area contributed by atoms with Gasteiger partial charge in [0.25, 0.3) is 0 Å². The lowest BCUT2D eigenvalue weighted by Gasteiger charge is -2.43. The zero-order valence-electron chi connectivity index (χ0n) is 21.2. The van der Waals surface area contributed by atoms with Crippen molar-refractivity contribution in [3.05, 3.63) is 25.3 Å². The number of amides is 2. The minimum absolute atomic E-state index is 0.152. The number of nitrogens with zero attached hydrogens (tertiary/aromatic N) is 2. The lowest BCUT2D eigenvalue weighted by molar-refractivity contribution is -0.156. The van der Waals surface area contributed by atoms with Gasteiger partial charge in [0.2, 0.25) is 11.8 Å². The van der Waals surface area contributed by atoms with Gasteiger partial charge in [0.05, 0.1) is 35.8 Å². The van der Waals surface area contributed by atoms with Crippen LogP contribution in [-0.4, -0.2) is 79.6 Å². The number of thioether (sulfide) groups is 1. The number of aliphatic hydroxyl groups is 1. The summed E-state index contributed by atoms with van der Waals surface area (Å²) in [4.78, 5) is 44.7. The van der Waals surface area contributed by atoms with Gasteiger partial charge < -0.3 is 19.6 Å². The van der Waals surface area contributed by atoms with Crippen molar-refractivity contribution in [2.45, 2.75) is 87.4 Å². The predicted octanol–water partition coefficient (Wildman–Crippen LogP) is 3.17. The molecule has 2 bridgehead atoms. The molecule has 2 amide bonds. The van der Waals surface area contributed by atoms with Crippen LogP contribution in [0.2, 0.25) is 0 Å². The predicted molar refractivity (Wildman–Crippen MR) is 134 cm³/mol. The van der Waals surface area contributed by atoms with Crippen molar-refractivity contribution in [3.8, 4) is 0 Å². The molecule has 7 nitrogen and oxygen atoms in total. The van der Waals surface area contributed by atoms with E-state index >= 15 is 0 Å². The smallest absolute Gasteiger partial charge is 0.311 e. The summed E-state index contributed by atoms with van der Waals surface area (Å²) in [5.74, 6) is -1.99. The van der Waals surface area contributed by atoms with E-state index in [0.717, 1.165) is 12.8 Å². The Kier molecular flexibility index (Phi) is 7.63. The molecule has 34 heavy (non-hydrogen) atoms. The summed E-state index contributed by atoms with van der Waals surface area (Å²) < 4.78 is 4.44. The normalized spacial score (nSPS) is 32.9. The molecular formula is C26H40N2O5S. The summed E-state index contributed by atoms with van der Waals surface area (Å²) in [6.45, 7) is 17.6. The monoisotopic (exact) mass is 492 g/mol. The molecule has 3 rings (SSSR count). The zero-order valence-corrected chi connectivity index (χ0v) is 22.0. The van der Waals surface area contributed by atoms with Crippen LogP contribution in [0, 0.1) is 11.8 Å². The summed E-state index contributed by atoms with van der Waals surface area (Å²) in [7, 11) is 0. The molecule has 3 aliphatic heterocycles. The van der Waals surface area contributed by atoms with Crippen LogP contribution in [0.15, 0.2) is 25.3 Å². The van der Waals surface area contributed by atoms with Gasteiger partial charge >= 0.3 is 5.97 Å². The molecule has 2 unspecified atom stereocenters. The van der Waals surface area contributed by atoms with Crippen molar-refractivity contribution < 1.29 is 24.2 Å². The highest BCUT2D eigenvalue weighted by Crippen LogP contribution is 2.71. The van der Waals surface area contributed by atoms with E-state index in [1.807, 2.05) is 27.7 Å². The summed E-state index contributed by atoms with van der Waals surface area (Å²) >= 11 is 1.62. The largest absolute Gasteiger partial charge is 0.465 e. The summed E-state index contributed by atoms with van der Waals surface area (Å²) in [5, 5.41) is 10.00. The fourth-order valence-corrected chi connectivity index (χ4v) is 8.35. The Morgan fingerprint density at radius 3 is 2.56 bits per heavy atom. The van der Waals surface area contributed by atoms with E-state index in [9.17, 15) is 19.5 Å². The molecule has 0 aromatic heterocycles. The fraction of sp³-hybridized carbons (Fsp3) is 0.731. The van der Waals surface area contributed by atoms with E-state index < -0.39 is 39.0 Å². The Morgan fingerprint density at radius 2 is 2.00 bits per heavy atom. The van der Waals surface area contributed by atoms with Crippen molar-refractivity contribution in [2.75, 3.05) is 19.8 Å². The summed E-state index contributed by atoms with van der Waals surface area (Å²) in [6, 6.07) is -1.29. The van der Waals surface area contributed by atoms with Crippen molar-refractivity contribution in [3.63, 3.8) is 0 Å². The molecule has 3 aliphatic rings. The van der Waals surface area contributed by atoms with E-state index in [2.05, 4.69) is 13.2 Å². The maximum Gasteiger partial charge on any atom is 0.311 e. The molecule has 1 spiro atoms. The average molecular weight is 493 g/mol. The van der Waals surface area contributed by atoms with Crippen LogP contribution in [0.1, 0.15) is 60.3 Å². The third-order valence-electron chi connectivity index (χ3n) is 7.63.